The molecule has 0 fully saturated rings. The molecule has 2 aromatic rings. The maximum absolute atomic E-state index is 13.1. The van der Waals surface area contributed by atoms with Gasteiger partial charge in [0.15, 0.2) is 0 Å². The van der Waals surface area contributed by atoms with Gasteiger partial charge in [-0.15, -0.1) is 0 Å². The smallest absolute Gasteiger partial charge is 0.317 e. The number of aromatic nitrogens is 1. The van der Waals surface area contributed by atoms with Crippen LogP contribution in [0, 0.1) is 5.82 Å². The first-order valence-corrected chi connectivity index (χ1v) is 5.65. The van der Waals surface area contributed by atoms with Gasteiger partial charge >= 0.3 is 5.97 Å². The number of rotatable bonds is 5. The number of hydrogen-bond donors (Lipinski definition) is 1. The van der Waals surface area contributed by atoms with Gasteiger partial charge in [-0.3, -0.25) is 9.69 Å². The second kappa shape index (κ2) is 5.62. The first kappa shape index (κ1) is 13.2. The fourth-order valence-corrected chi connectivity index (χ4v) is 1.70. The van der Waals surface area contributed by atoms with Crippen LogP contribution in [0.2, 0.25) is 0 Å². The van der Waals surface area contributed by atoms with Crippen molar-refractivity contribution in [3.8, 4) is 11.5 Å². The first-order chi connectivity index (χ1) is 9.04. The number of carboxylic acid groups (broad SMARTS) is 1. The van der Waals surface area contributed by atoms with E-state index < -0.39 is 5.97 Å². The average Bonchev–Trinajstić information content (AvgIpc) is 2.76. The number of hydrogen-bond acceptors (Lipinski definition) is 4. The zero-order chi connectivity index (χ0) is 13.8. The second-order valence-corrected chi connectivity index (χ2v) is 4.22. The summed E-state index contributed by atoms with van der Waals surface area (Å²) in [6.45, 7) is 0.271. The third-order valence-electron chi connectivity index (χ3n) is 2.46. The van der Waals surface area contributed by atoms with E-state index in [1.807, 2.05) is 0 Å². The molecule has 19 heavy (non-hydrogen) atoms. The molecule has 0 aliphatic heterocycles. The Morgan fingerprint density at radius 3 is 3.00 bits per heavy atom. The Morgan fingerprint density at radius 1 is 1.53 bits per heavy atom. The van der Waals surface area contributed by atoms with E-state index in [1.165, 1.54) is 18.4 Å². The molecule has 100 valence electrons. The summed E-state index contributed by atoms with van der Waals surface area (Å²) >= 11 is 0. The first-order valence-electron chi connectivity index (χ1n) is 5.65. The van der Waals surface area contributed by atoms with E-state index in [2.05, 4.69) is 4.98 Å². The Morgan fingerprint density at radius 2 is 2.32 bits per heavy atom. The normalized spacial score (nSPS) is 10.9. The molecule has 0 spiro atoms. The highest BCUT2D eigenvalue weighted by Gasteiger charge is 2.10. The summed E-state index contributed by atoms with van der Waals surface area (Å²) in [5.74, 6) is -0.949. The van der Waals surface area contributed by atoms with Gasteiger partial charge in [-0.25, -0.2) is 9.37 Å². The predicted octanol–water partition coefficient (Wildman–Crippen LogP) is 2.00. The van der Waals surface area contributed by atoms with Crippen molar-refractivity contribution in [1.82, 2.24) is 9.88 Å². The van der Waals surface area contributed by atoms with Gasteiger partial charge in [0.1, 0.15) is 12.1 Å². The van der Waals surface area contributed by atoms with Crippen LogP contribution >= 0.6 is 0 Å². The lowest BCUT2D eigenvalue weighted by molar-refractivity contribution is -0.138. The topological polar surface area (TPSA) is 66.6 Å². The molecule has 0 aliphatic rings. The van der Waals surface area contributed by atoms with Gasteiger partial charge in [0.2, 0.25) is 5.89 Å². The molecule has 6 heteroatoms. The van der Waals surface area contributed by atoms with E-state index in [9.17, 15) is 9.18 Å². The molecule has 1 aromatic carbocycles. The number of oxazole rings is 1. The maximum Gasteiger partial charge on any atom is 0.317 e. The molecule has 0 atom stereocenters. The number of carbonyl (C=O) groups is 1. The summed E-state index contributed by atoms with van der Waals surface area (Å²) in [6.07, 6.45) is 1.44. The largest absolute Gasteiger partial charge is 0.480 e. The summed E-state index contributed by atoms with van der Waals surface area (Å²) in [5.41, 5.74) is 1.15. The van der Waals surface area contributed by atoms with Gasteiger partial charge < -0.3 is 9.52 Å². The van der Waals surface area contributed by atoms with Crippen LogP contribution < -0.4 is 0 Å². The van der Waals surface area contributed by atoms with Gasteiger partial charge in [-0.2, -0.15) is 0 Å². The third-order valence-corrected chi connectivity index (χ3v) is 2.46. The number of carboxylic acids is 1. The lowest BCUT2D eigenvalue weighted by Crippen LogP contribution is -2.25. The Labute approximate surface area is 109 Å². The molecular formula is C13H13FN2O3. The maximum atomic E-state index is 13.1. The molecule has 2 rings (SSSR count). The van der Waals surface area contributed by atoms with E-state index in [0.717, 1.165) is 0 Å². The molecule has 0 saturated carbocycles. The molecule has 0 saturated heterocycles. The van der Waals surface area contributed by atoms with Crippen molar-refractivity contribution < 1.29 is 18.7 Å². The Bertz CT molecular complexity index is 583. The van der Waals surface area contributed by atoms with E-state index in [4.69, 9.17) is 9.52 Å². The molecule has 0 radical (unpaired) electrons. The number of benzene rings is 1. The summed E-state index contributed by atoms with van der Waals surface area (Å²) < 4.78 is 18.3. The van der Waals surface area contributed by atoms with Crippen molar-refractivity contribution in [3.05, 3.63) is 42.0 Å². The zero-order valence-electron chi connectivity index (χ0n) is 10.3. The molecule has 1 heterocycles. The highest BCUT2D eigenvalue weighted by atomic mass is 19.1. The third kappa shape index (κ3) is 3.62. The van der Waals surface area contributed by atoms with Crippen LogP contribution in [0.15, 0.2) is 34.9 Å². The zero-order valence-corrected chi connectivity index (χ0v) is 10.3. The van der Waals surface area contributed by atoms with Crippen molar-refractivity contribution >= 4 is 5.97 Å². The minimum absolute atomic E-state index is 0.0812. The predicted molar refractivity (Wildman–Crippen MR) is 65.9 cm³/mol. The number of aliphatic carboxylic acids is 1. The molecule has 1 N–H and O–H groups in total. The summed E-state index contributed by atoms with van der Waals surface area (Å²) in [5, 5.41) is 8.65. The van der Waals surface area contributed by atoms with Crippen LogP contribution in [0.25, 0.3) is 11.5 Å². The van der Waals surface area contributed by atoms with Crippen LogP contribution in [-0.2, 0) is 11.3 Å². The van der Waals surface area contributed by atoms with Crippen molar-refractivity contribution in [3.63, 3.8) is 0 Å². The standard InChI is InChI=1S/C13H13FN2O3/c1-16(7-12(17)18)6-11-8-19-13(15-11)9-3-2-4-10(14)5-9/h2-5,8H,6-7H2,1H3,(H,17,18). The fraction of sp³-hybridized carbons (Fsp3) is 0.231. The monoisotopic (exact) mass is 264 g/mol. The molecule has 1 aromatic heterocycles. The lowest BCUT2D eigenvalue weighted by atomic mass is 10.2. The molecule has 0 bridgehead atoms. The highest BCUT2D eigenvalue weighted by Crippen LogP contribution is 2.19. The highest BCUT2D eigenvalue weighted by molar-refractivity contribution is 5.69. The quantitative estimate of drug-likeness (QED) is 0.894. The Kier molecular flexibility index (Phi) is 3.91. The molecule has 0 unspecified atom stereocenters. The Balaban J connectivity index is 2.09. The molecule has 5 nitrogen and oxygen atoms in total. The van der Waals surface area contributed by atoms with Crippen LogP contribution in [0.3, 0.4) is 0 Å². The number of nitrogens with zero attached hydrogens (tertiary/aromatic N) is 2. The average molecular weight is 264 g/mol. The van der Waals surface area contributed by atoms with E-state index in [-0.39, 0.29) is 12.4 Å². The van der Waals surface area contributed by atoms with Crippen molar-refractivity contribution in [1.29, 1.82) is 0 Å². The van der Waals surface area contributed by atoms with Gasteiger partial charge in [-0.05, 0) is 25.2 Å². The van der Waals surface area contributed by atoms with Crippen LogP contribution in [-0.4, -0.2) is 34.6 Å². The van der Waals surface area contributed by atoms with Crippen LogP contribution in [0.5, 0.6) is 0 Å². The summed E-state index contributed by atoms with van der Waals surface area (Å²) in [4.78, 5) is 16.3. The van der Waals surface area contributed by atoms with Gasteiger partial charge in [0.05, 0.1) is 12.2 Å². The van der Waals surface area contributed by atoms with E-state index in [0.29, 0.717) is 23.7 Å². The SMILES string of the molecule is CN(CC(=O)O)Cc1coc(-c2cccc(F)c2)n1. The van der Waals surface area contributed by atoms with E-state index >= 15 is 0 Å². The summed E-state index contributed by atoms with van der Waals surface area (Å²) in [7, 11) is 1.67. The van der Waals surface area contributed by atoms with E-state index in [1.54, 1.807) is 24.1 Å². The second-order valence-electron chi connectivity index (χ2n) is 4.22. The van der Waals surface area contributed by atoms with Gasteiger partial charge in [-0.1, -0.05) is 6.07 Å². The summed E-state index contributed by atoms with van der Waals surface area (Å²) in [6, 6.07) is 5.94. The molecular weight excluding hydrogens is 251 g/mol. The molecule has 0 amide bonds. The minimum atomic E-state index is -0.906. The lowest BCUT2D eigenvalue weighted by Gasteiger charge is -2.10. The van der Waals surface area contributed by atoms with Crippen molar-refractivity contribution in [2.24, 2.45) is 0 Å². The van der Waals surface area contributed by atoms with Crippen molar-refractivity contribution in [2.45, 2.75) is 6.54 Å². The number of likely N-dealkylation sites (N-methyl/N-ethyl adjacent to an activating group) is 1. The van der Waals surface area contributed by atoms with Crippen LogP contribution in [0.1, 0.15) is 5.69 Å². The molecule has 0 aliphatic carbocycles. The Hall–Kier alpha value is -2.21. The van der Waals surface area contributed by atoms with Crippen LogP contribution in [0.4, 0.5) is 4.39 Å². The van der Waals surface area contributed by atoms with Gasteiger partial charge in [0.25, 0.3) is 0 Å². The number of halogens is 1. The van der Waals surface area contributed by atoms with Crippen molar-refractivity contribution in [2.75, 3.05) is 13.6 Å². The fourth-order valence-electron chi connectivity index (χ4n) is 1.70. The van der Waals surface area contributed by atoms with Gasteiger partial charge in [0, 0.05) is 12.1 Å². The minimum Gasteiger partial charge on any atom is -0.480 e.